The van der Waals surface area contributed by atoms with E-state index in [9.17, 15) is 0 Å². The third-order valence-electron chi connectivity index (χ3n) is 10.6. The van der Waals surface area contributed by atoms with Crippen molar-refractivity contribution >= 4 is 44.9 Å². The van der Waals surface area contributed by atoms with E-state index in [4.69, 9.17) is 24.3 Å². The molecule has 7 aromatic carbocycles. The fourth-order valence-electron chi connectivity index (χ4n) is 7.31. The van der Waals surface area contributed by atoms with E-state index in [0.29, 0.717) is 17.5 Å². The van der Waals surface area contributed by atoms with Gasteiger partial charge >= 0.3 is 7.12 Å². The second kappa shape index (κ2) is 12.0. The van der Waals surface area contributed by atoms with Crippen molar-refractivity contribution in [1.82, 2.24) is 15.0 Å². The zero-order chi connectivity index (χ0) is 34.7. The first-order valence-corrected chi connectivity index (χ1v) is 17.5. The quantitative estimate of drug-likeness (QED) is 0.136. The monoisotopic (exact) mass is 661 g/mol. The number of hydrogen-bond donors (Lipinski definition) is 0. The lowest BCUT2D eigenvalue weighted by Gasteiger charge is -2.32. The lowest BCUT2D eigenvalue weighted by atomic mass is 9.71. The van der Waals surface area contributed by atoms with Crippen LogP contribution >= 0.6 is 0 Å². The van der Waals surface area contributed by atoms with E-state index in [1.807, 2.05) is 60.7 Å². The fourth-order valence-corrected chi connectivity index (χ4v) is 7.31. The molecule has 6 heteroatoms. The van der Waals surface area contributed by atoms with Crippen molar-refractivity contribution in [3.63, 3.8) is 0 Å². The third-order valence-corrected chi connectivity index (χ3v) is 10.6. The van der Waals surface area contributed by atoms with Crippen LogP contribution in [0.4, 0.5) is 0 Å². The van der Waals surface area contributed by atoms with Gasteiger partial charge < -0.3 is 9.31 Å². The molecule has 0 unspecified atom stereocenters. The molecule has 246 valence electrons. The van der Waals surface area contributed by atoms with Gasteiger partial charge in [-0.2, -0.15) is 0 Å². The van der Waals surface area contributed by atoms with E-state index in [0.717, 1.165) is 60.0 Å². The maximum atomic E-state index is 6.69. The molecule has 0 amide bonds. The first-order chi connectivity index (χ1) is 24.8. The Morgan fingerprint density at radius 3 is 1.25 bits per heavy atom. The third kappa shape index (κ3) is 5.22. The van der Waals surface area contributed by atoms with Crippen LogP contribution in [-0.4, -0.2) is 33.3 Å². The van der Waals surface area contributed by atoms with Crippen LogP contribution in [0.3, 0.4) is 0 Å². The lowest BCUT2D eigenvalue weighted by Crippen LogP contribution is -2.41. The van der Waals surface area contributed by atoms with Crippen LogP contribution in [0.1, 0.15) is 27.7 Å². The molecular formula is C45H36BN3O2. The Bertz CT molecular complexity index is 2470. The van der Waals surface area contributed by atoms with Crippen molar-refractivity contribution in [2.45, 2.75) is 38.9 Å². The van der Waals surface area contributed by atoms with E-state index >= 15 is 0 Å². The maximum absolute atomic E-state index is 6.69. The first-order valence-electron chi connectivity index (χ1n) is 17.5. The molecule has 1 fully saturated rings. The zero-order valence-corrected chi connectivity index (χ0v) is 29.1. The molecule has 5 nitrogen and oxygen atoms in total. The Morgan fingerprint density at radius 2 is 0.765 bits per heavy atom. The van der Waals surface area contributed by atoms with Gasteiger partial charge in [0.05, 0.1) is 11.2 Å². The van der Waals surface area contributed by atoms with Gasteiger partial charge in [0.1, 0.15) is 0 Å². The van der Waals surface area contributed by atoms with Crippen LogP contribution in [0.5, 0.6) is 0 Å². The molecule has 2 heterocycles. The van der Waals surface area contributed by atoms with Gasteiger partial charge in [-0.1, -0.05) is 140 Å². The van der Waals surface area contributed by atoms with E-state index in [2.05, 4.69) is 113 Å². The average Bonchev–Trinajstić information content (AvgIpc) is 3.39. The number of benzene rings is 7. The van der Waals surface area contributed by atoms with Gasteiger partial charge in [0.25, 0.3) is 0 Å². The maximum Gasteiger partial charge on any atom is 0.496 e. The van der Waals surface area contributed by atoms with Gasteiger partial charge in [0.2, 0.25) is 0 Å². The van der Waals surface area contributed by atoms with E-state index in [1.54, 1.807) is 0 Å². The number of aromatic nitrogens is 3. The van der Waals surface area contributed by atoms with Gasteiger partial charge in [0.15, 0.2) is 17.5 Å². The summed E-state index contributed by atoms with van der Waals surface area (Å²) in [5.74, 6) is 1.92. The van der Waals surface area contributed by atoms with E-state index in [1.165, 1.54) is 5.56 Å². The zero-order valence-electron chi connectivity index (χ0n) is 29.1. The Balaban J connectivity index is 1.29. The number of hydrogen-bond acceptors (Lipinski definition) is 5. The van der Waals surface area contributed by atoms with Crippen molar-refractivity contribution in [2.75, 3.05) is 0 Å². The van der Waals surface area contributed by atoms with Crippen LogP contribution in [0.2, 0.25) is 0 Å². The van der Waals surface area contributed by atoms with Gasteiger partial charge in [-0.05, 0) is 82.7 Å². The largest absolute Gasteiger partial charge is 0.496 e. The highest BCUT2D eigenvalue weighted by molar-refractivity contribution is 6.69. The number of fused-ring (bicyclic) bond motifs is 3. The summed E-state index contributed by atoms with van der Waals surface area (Å²) in [5.41, 5.74) is 5.31. The summed E-state index contributed by atoms with van der Waals surface area (Å²) in [4.78, 5) is 15.1. The van der Waals surface area contributed by atoms with Crippen molar-refractivity contribution in [1.29, 1.82) is 0 Å². The van der Waals surface area contributed by atoms with E-state index in [-0.39, 0.29) is 0 Å². The molecule has 9 rings (SSSR count). The van der Waals surface area contributed by atoms with E-state index < -0.39 is 18.3 Å². The van der Waals surface area contributed by atoms with Crippen molar-refractivity contribution in [2.24, 2.45) is 0 Å². The Kier molecular flexibility index (Phi) is 7.35. The van der Waals surface area contributed by atoms with Crippen LogP contribution in [0.15, 0.2) is 146 Å². The van der Waals surface area contributed by atoms with Crippen molar-refractivity contribution in [3.8, 4) is 45.3 Å². The highest BCUT2D eigenvalue weighted by atomic mass is 16.7. The minimum Gasteiger partial charge on any atom is -0.399 e. The highest BCUT2D eigenvalue weighted by Gasteiger charge is 2.52. The van der Waals surface area contributed by atoms with Gasteiger partial charge in [-0.25, -0.2) is 15.0 Å². The standard InChI is InChI=1S/C45H36BN3O2/c1-44(2)45(3,4)51-46(50-44)40-36-25-15-13-23-33(36)39(34-24-14-16-26-37(34)40)35-27-28-38(32-22-12-11-21-31(32)35)43-48-41(29-17-7-5-8-18-29)47-42(49-43)30-19-9-6-10-20-30/h5-28H,1-4H3. The molecule has 0 N–H and O–H groups in total. The molecule has 0 atom stereocenters. The second-order valence-electron chi connectivity index (χ2n) is 14.2. The predicted molar refractivity (Wildman–Crippen MR) is 210 cm³/mol. The molecule has 0 radical (unpaired) electrons. The molecule has 1 aromatic heterocycles. The van der Waals surface area contributed by atoms with Crippen LogP contribution in [-0.2, 0) is 9.31 Å². The second-order valence-corrected chi connectivity index (χ2v) is 14.2. The Hall–Kier alpha value is -5.69. The summed E-state index contributed by atoms with van der Waals surface area (Å²) in [7, 11) is -0.501. The molecule has 0 spiro atoms. The summed E-state index contributed by atoms with van der Waals surface area (Å²) in [6.45, 7) is 8.43. The lowest BCUT2D eigenvalue weighted by molar-refractivity contribution is 0.00578. The first kappa shape index (κ1) is 31.3. The molecule has 51 heavy (non-hydrogen) atoms. The molecule has 0 saturated carbocycles. The minimum atomic E-state index is -0.501. The summed E-state index contributed by atoms with van der Waals surface area (Å²) < 4.78 is 13.4. The fraction of sp³-hybridized carbons (Fsp3) is 0.133. The molecule has 1 saturated heterocycles. The average molecular weight is 662 g/mol. The van der Waals surface area contributed by atoms with Gasteiger partial charge in [0, 0.05) is 16.7 Å². The molecule has 0 bridgehead atoms. The molecule has 1 aliphatic rings. The van der Waals surface area contributed by atoms with Crippen LogP contribution < -0.4 is 5.46 Å². The molecule has 8 aromatic rings. The Labute approximate surface area is 298 Å². The summed E-state index contributed by atoms with van der Waals surface area (Å²) >= 11 is 0. The van der Waals surface area contributed by atoms with Crippen LogP contribution in [0, 0.1) is 0 Å². The summed E-state index contributed by atoms with van der Waals surface area (Å²) in [6, 6.07) is 50.5. The van der Waals surface area contributed by atoms with Gasteiger partial charge in [-0.15, -0.1) is 0 Å². The van der Waals surface area contributed by atoms with Crippen molar-refractivity contribution < 1.29 is 9.31 Å². The topological polar surface area (TPSA) is 57.1 Å². The number of rotatable bonds is 5. The molecule has 0 aliphatic carbocycles. The summed E-state index contributed by atoms with van der Waals surface area (Å²) in [6.07, 6.45) is 0. The van der Waals surface area contributed by atoms with Gasteiger partial charge in [-0.3, -0.25) is 0 Å². The normalized spacial score (nSPS) is 15.2. The molecular weight excluding hydrogens is 625 g/mol. The number of nitrogens with zero attached hydrogens (tertiary/aromatic N) is 3. The minimum absolute atomic E-state index is 0.458. The summed E-state index contributed by atoms with van der Waals surface area (Å²) in [5, 5.41) is 6.73. The van der Waals surface area contributed by atoms with Crippen LogP contribution in [0.25, 0.3) is 77.6 Å². The van der Waals surface area contributed by atoms with Crippen molar-refractivity contribution in [3.05, 3.63) is 146 Å². The highest BCUT2D eigenvalue weighted by Crippen LogP contribution is 2.43. The molecule has 1 aliphatic heterocycles. The predicted octanol–water partition coefficient (Wildman–Crippen LogP) is 10.3. The SMILES string of the molecule is CC1(C)OB(c2c3ccccc3c(-c3ccc(-c4nc(-c5ccccc5)nc(-c5ccccc5)n4)c4ccccc34)c3ccccc23)OC1(C)C. The Morgan fingerprint density at radius 1 is 0.392 bits per heavy atom. The smallest absolute Gasteiger partial charge is 0.399 e.